The van der Waals surface area contributed by atoms with Crippen LogP contribution in [0.3, 0.4) is 0 Å². The molecule has 0 saturated heterocycles. The van der Waals surface area contributed by atoms with Crippen molar-refractivity contribution < 1.29 is 14.1 Å². The maximum Gasteiger partial charge on any atom is 0.248 e. The second-order valence-electron chi connectivity index (χ2n) is 5.40. The molecule has 0 radical (unpaired) electrons. The minimum absolute atomic E-state index is 0.121. The van der Waals surface area contributed by atoms with Crippen LogP contribution in [0.25, 0.3) is 0 Å². The molecule has 1 atom stereocenters. The Morgan fingerprint density at radius 2 is 1.91 bits per heavy atom. The van der Waals surface area contributed by atoms with E-state index < -0.39 is 6.04 Å². The number of anilines is 3. The number of rotatable bonds is 5. The number of hydrogen-bond acceptors (Lipinski definition) is 5. The van der Waals surface area contributed by atoms with Crippen molar-refractivity contribution in [3.05, 3.63) is 35.5 Å². The lowest BCUT2D eigenvalue weighted by Gasteiger charge is -2.15. The van der Waals surface area contributed by atoms with Gasteiger partial charge in [0.15, 0.2) is 0 Å². The molecule has 3 N–H and O–H groups in total. The summed E-state index contributed by atoms with van der Waals surface area (Å²) < 4.78 is 4.96. The van der Waals surface area contributed by atoms with Crippen LogP contribution in [0.5, 0.6) is 0 Å². The van der Waals surface area contributed by atoms with Gasteiger partial charge in [-0.1, -0.05) is 5.16 Å². The lowest BCUT2D eigenvalue weighted by molar-refractivity contribution is -0.116. The minimum Gasteiger partial charge on any atom is -0.374 e. The molecule has 0 unspecified atom stereocenters. The standard InChI is InChI=1S/C16H20N4O3/c1-9-7-13(5-6-14(9)18-12(4)21)17-11(3)16(22)19-15-8-10(2)20-23-15/h5-8,11,17H,1-4H3,(H,18,21)(H,19,22)/t11-/m1/s1. The zero-order chi connectivity index (χ0) is 17.0. The zero-order valence-corrected chi connectivity index (χ0v) is 13.6. The molecule has 122 valence electrons. The molecule has 0 aliphatic carbocycles. The van der Waals surface area contributed by atoms with Crippen molar-refractivity contribution in [1.29, 1.82) is 0 Å². The SMILES string of the molecule is CC(=O)Nc1ccc(N[C@H](C)C(=O)Nc2cc(C)no2)cc1C. The van der Waals surface area contributed by atoms with E-state index in [-0.39, 0.29) is 11.8 Å². The molecule has 23 heavy (non-hydrogen) atoms. The molecule has 1 aromatic carbocycles. The molecule has 0 saturated carbocycles. The van der Waals surface area contributed by atoms with Crippen LogP contribution in [0, 0.1) is 13.8 Å². The Hall–Kier alpha value is -2.83. The van der Waals surface area contributed by atoms with E-state index in [1.54, 1.807) is 32.0 Å². The van der Waals surface area contributed by atoms with Crippen molar-refractivity contribution in [2.45, 2.75) is 33.7 Å². The van der Waals surface area contributed by atoms with Gasteiger partial charge in [-0.15, -0.1) is 0 Å². The summed E-state index contributed by atoms with van der Waals surface area (Å²) in [4.78, 5) is 23.2. The second-order valence-corrected chi connectivity index (χ2v) is 5.40. The molecule has 0 bridgehead atoms. The third-order valence-electron chi connectivity index (χ3n) is 3.19. The maximum absolute atomic E-state index is 12.1. The van der Waals surface area contributed by atoms with Gasteiger partial charge in [0.1, 0.15) is 6.04 Å². The molecule has 0 aliphatic rings. The van der Waals surface area contributed by atoms with Crippen molar-refractivity contribution in [3.8, 4) is 0 Å². The van der Waals surface area contributed by atoms with Crippen LogP contribution in [-0.2, 0) is 9.59 Å². The van der Waals surface area contributed by atoms with Gasteiger partial charge in [0, 0.05) is 24.4 Å². The van der Waals surface area contributed by atoms with Gasteiger partial charge in [-0.2, -0.15) is 0 Å². The van der Waals surface area contributed by atoms with Crippen molar-refractivity contribution in [2.75, 3.05) is 16.0 Å². The van der Waals surface area contributed by atoms with Crippen LogP contribution in [0.4, 0.5) is 17.3 Å². The molecule has 7 nitrogen and oxygen atoms in total. The fraction of sp³-hybridized carbons (Fsp3) is 0.312. The van der Waals surface area contributed by atoms with Gasteiger partial charge in [-0.05, 0) is 44.5 Å². The fourth-order valence-electron chi connectivity index (χ4n) is 2.05. The zero-order valence-electron chi connectivity index (χ0n) is 13.6. The highest BCUT2D eigenvalue weighted by atomic mass is 16.5. The van der Waals surface area contributed by atoms with E-state index in [0.29, 0.717) is 11.6 Å². The topological polar surface area (TPSA) is 96.3 Å². The predicted molar refractivity (Wildman–Crippen MR) is 88.4 cm³/mol. The molecule has 1 aromatic heterocycles. The number of aryl methyl sites for hydroxylation is 2. The molecular formula is C16H20N4O3. The first kappa shape index (κ1) is 16.5. The first-order valence-corrected chi connectivity index (χ1v) is 7.24. The highest BCUT2D eigenvalue weighted by Crippen LogP contribution is 2.20. The van der Waals surface area contributed by atoms with E-state index in [4.69, 9.17) is 4.52 Å². The van der Waals surface area contributed by atoms with Crippen LogP contribution in [0.15, 0.2) is 28.8 Å². The van der Waals surface area contributed by atoms with Gasteiger partial charge >= 0.3 is 0 Å². The molecule has 0 spiro atoms. The number of carbonyl (C=O) groups is 2. The van der Waals surface area contributed by atoms with E-state index in [1.165, 1.54) is 6.92 Å². The Bertz CT molecular complexity index is 724. The largest absolute Gasteiger partial charge is 0.374 e. The number of benzene rings is 1. The monoisotopic (exact) mass is 316 g/mol. The quantitative estimate of drug-likeness (QED) is 0.788. The Morgan fingerprint density at radius 1 is 1.17 bits per heavy atom. The van der Waals surface area contributed by atoms with Gasteiger partial charge in [0.05, 0.1) is 5.69 Å². The summed E-state index contributed by atoms with van der Waals surface area (Å²) in [6.45, 7) is 6.87. The van der Waals surface area contributed by atoms with Gasteiger partial charge in [-0.25, -0.2) is 0 Å². The summed E-state index contributed by atoms with van der Waals surface area (Å²) in [5.41, 5.74) is 3.14. The Morgan fingerprint density at radius 3 is 2.48 bits per heavy atom. The van der Waals surface area contributed by atoms with Crippen molar-refractivity contribution in [3.63, 3.8) is 0 Å². The maximum atomic E-state index is 12.1. The molecule has 2 rings (SSSR count). The lowest BCUT2D eigenvalue weighted by atomic mass is 10.1. The van der Waals surface area contributed by atoms with E-state index in [9.17, 15) is 9.59 Å². The summed E-state index contributed by atoms with van der Waals surface area (Å²) in [5.74, 6) is -0.0352. The number of hydrogen-bond donors (Lipinski definition) is 3. The van der Waals surface area contributed by atoms with Gasteiger partial charge in [0.25, 0.3) is 0 Å². The van der Waals surface area contributed by atoms with Crippen molar-refractivity contribution in [1.82, 2.24) is 5.16 Å². The fourth-order valence-corrected chi connectivity index (χ4v) is 2.05. The van der Waals surface area contributed by atoms with E-state index in [1.807, 2.05) is 13.0 Å². The summed E-state index contributed by atoms with van der Waals surface area (Å²) in [7, 11) is 0. The normalized spacial score (nSPS) is 11.7. The van der Waals surface area contributed by atoms with E-state index in [0.717, 1.165) is 16.9 Å². The first-order valence-electron chi connectivity index (χ1n) is 7.24. The Labute approximate surface area is 134 Å². The molecule has 7 heteroatoms. The Kier molecular flexibility index (Phi) is 5.00. The first-order chi connectivity index (χ1) is 10.8. The van der Waals surface area contributed by atoms with Crippen LogP contribution in [0.1, 0.15) is 25.1 Å². The highest BCUT2D eigenvalue weighted by molar-refractivity contribution is 5.95. The highest BCUT2D eigenvalue weighted by Gasteiger charge is 2.15. The lowest BCUT2D eigenvalue weighted by Crippen LogP contribution is -2.31. The number of nitrogens with one attached hydrogen (secondary N) is 3. The predicted octanol–water partition coefficient (Wildman–Crippen LogP) is 2.69. The Balaban J connectivity index is 1.99. The van der Waals surface area contributed by atoms with E-state index in [2.05, 4.69) is 21.1 Å². The number of carbonyl (C=O) groups excluding carboxylic acids is 2. The summed E-state index contributed by atoms with van der Waals surface area (Å²) in [5, 5.41) is 12.2. The molecule has 0 fully saturated rings. The van der Waals surface area contributed by atoms with Crippen LogP contribution in [-0.4, -0.2) is 23.0 Å². The van der Waals surface area contributed by atoms with Gasteiger partial charge in [0.2, 0.25) is 17.7 Å². The minimum atomic E-state index is -0.466. The second kappa shape index (κ2) is 6.95. The van der Waals surface area contributed by atoms with Crippen LogP contribution in [0.2, 0.25) is 0 Å². The van der Waals surface area contributed by atoms with Gasteiger partial charge in [-0.3, -0.25) is 14.9 Å². The molecule has 1 heterocycles. The summed E-state index contributed by atoms with van der Waals surface area (Å²) >= 11 is 0. The van der Waals surface area contributed by atoms with Crippen LogP contribution < -0.4 is 16.0 Å². The molecule has 2 amide bonds. The number of nitrogens with zero attached hydrogens (tertiary/aromatic N) is 1. The van der Waals surface area contributed by atoms with Crippen molar-refractivity contribution >= 4 is 29.1 Å². The smallest absolute Gasteiger partial charge is 0.248 e. The number of aromatic nitrogens is 1. The third kappa shape index (κ3) is 4.57. The van der Waals surface area contributed by atoms with E-state index >= 15 is 0 Å². The van der Waals surface area contributed by atoms with Crippen LogP contribution >= 0.6 is 0 Å². The third-order valence-corrected chi connectivity index (χ3v) is 3.19. The molecule has 0 aliphatic heterocycles. The number of amides is 2. The average Bonchev–Trinajstić information content (AvgIpc) is 2.86. The van der Waals surface area contributed by atoms with Gasteiger partial charge < -0.3 is 15.2 Å². The summed E-state index contributed by atoms with van der Waals surface area (Å²) in [6.07, 6.45) is 0. The molecule has 2 aromatic rings. The van der Waals surface area contributed by atoms with Crippen molar-refractivity contribution in [2.24, 2.45) is 0 Å². The summed E-state index contributed by atoms with van der Waals surface area (Å²) in [6, 6.07) is 6.65. The molecular weight excluding hydrogens is 296 g/mol. The average molecular weight is 316 g/mol.